The fourth-order valence-corrected chi connectivity index (χ4v) is 1.29. The molecular formula is C9H7FN3O2+. The van der Waals surface area contributed by atoms with Gasteiger partial charge >= 0.3 is 5.97 Å². The van der Waals surface area contributed by atoms with Gasteiger partial charge in [0.15, 0.2) is 0 Å². The molecule has 1 aliphatic rings. The third-order valence-corrected chi connectivity index (χ3v) is 1.95. The van der Waals surface area contributed by atoms with Crippen LogP contribution in [0.4, 0.5) is 10.2 Å². The zero-order valence-electron chi connectivity index (χ0n) is 7.54. The molecule has 0 unspecified atom stereocenters. The second-order valence-electron chi connectivity index (χ2n) is 2.88. The van der Waals surface area contributed by atoms with Crippen LogP contribution in [0.3, 0.4) is 0 Å². The van der Waals surface area contributed by atoms with Gasteiger partial charge in [-0.25, -0.2) is 4.79 Å². The molecule has 0 bridgehead atoms. The molecule has 6 heteroatoms. The van der Waals surface area contributed by atoms with E-state index in [1.54, 1.807) is 0 Å². The third-order valence-electron chi connectivity index (χ3n) is 1.95. The molecule has 0 saturated heterocycles. The van der Waals surface area contributed by atoms with Crippen LogP contribution < -0.4 is 4.92 Å². The van der Waals surface area contributed by atoms with Crippen molar-refractivity contribution in [2.45, 2.75) is 0 Å². The van der Waals surface area contributed by atoms with Crippen LogP contribution in [-0.2, 0) is 0 Å². The first-order chi connectivity index (χ1) is 7.13. The van der Waals surface area contributed by atoms with Gasteiger partial charge in [0.2, 0.25) is 5.69 Å². The van der Waals surface area contributed by atoms with Crippen LogP contribution in [0.25, 0.3) is 0 Å². The number of carbonyl (C=O) groups is 1. The minimum Gasteiger partial charge on any atom is -0.477 e. The minimum atomic E-state index is -1.59. The van der Waals surface area contributed by atoms with Crippen LogP contribution in [0.2, 0.25) is 0 Å². The molecule has 76 valence electrons. The van der Waals surface area contributed by atoms with E-state index >= 15 is 0 Å². The lowest BCUT2D eigenvalue weighted by Gasteiger charge is -2.10. The Balaban J connectivity index is 2.57. The molecule has 0 aliphatic carbocycles. The second kappa shape index (κ2) is 3.25. The van der Waals surface area contributed by atoms with Gasteiger partial charge in [0, 0.05) is 6.07 Å². The Morgan fingerprint density at radius 1 is 1.27 bits per heavy atom. The standard InChI is InChI=1S/C9H6FN3O2/c10-13(11-5-6-12-13)8-4-2-1-3-7(8)9(14)15/h1-6H/p+1. The summed E-state index contributed by atoms with van der Waals surface area (Å²) in [6, 6.07) is 5.69. The normalized spacial score (nSPS) is 16.9. The van der Waals surface area contributed by atoms with Gasteiger partial charge in [0.25, 0.3) is 0 Å². The van der Waals surface area contributed by atoms with Crippen LogP contribution in [0.15, 0.2) is 34.5 Å². The number of carboxylic acid groups (broad SMARTS) is 1. The first kappa shape index (κ1) is 9.47. The van der Waals surface area contributed by atoms with E-state index in [0.717, 1.165) is 0 Å². The molecular weight excluding hydrogens is 201 g/mol. The number of nitrogens with zero attached hydrogens (tertiary/aromatic N) is 3. The van der Waals surface area contributed by atoms with Crippen LogP contribution >= 0.6 is 0 Å². The number of rotatable bonds is 2. The number of hydrogen-bond donors (Lipinski definition) is 1. The summed E-state index contributed by atoms with van der Waals surface area (Å²) < 4.78 is 13.9. The summed E-state index contributed by atoms with van der Waals surface area (Å²) in [4.78, 5) is 9.25. The summed E-state index contributed by atoms with van der Waals surface area (Å²) in [6.45, 7) is 0. The quantitative estimate of drug-likeness (QED) is 0.749. The molecule has 0 amide bonds. The predicted molar refractivity (Wildman–Crippen MR) is 53.3 cm³/mol. The van der Waals surface area contributed by atoms with E-state index in [4.69, 9.17) is 5.11 Å². The average Bonchev–Trinajstić information content (AvgIpc) is 2.66. The van der Waals surface area contributed by atoms with Gasteiger partial charge < -0.3 is 5.11 Å². The molecule has 0 radical (unpaired) electrons. The monoisotopic (exact) mass is 208 g/mol. The number of halogens is 1. The van der Waals surface area contributed by atoms with Crippen LogP contribution in [0, 0.1) is 0 Å². The van der Waals surface area contributed by atoms with E-state index in [9.17, 15) is 9.28 Å². The largest absolute Gasteiger partial charge is 0.477 e. The summed E-state index contributed by atoms with van der Waals surface area (Å²) >= 11 is 0. The van der Waals surface area contributed by atoms with Crippen molar-refractivity contribution in [2.75, 3.05) is 0 Å². The van der Waals surface area contributed by atoms with Crippen molar-refractivity contribution in [1.29, 1.82) is 0 Å². The van der Waals surface area contributed by atoms with Crippen molar-refractivity contribution in [2.24, 2.45) is 10.2 Å². The second-order valence-corrected chi connectivity index (χ2v) is 2.88. The van der Waals surface area contributed by atoms with Gasteiger partial charge in [0.05, 0.1) is 4.48 Å². The van der Waals surface area contributed by atoms with Crippen LogP contribution in [-0.4, -0.2) is 23.5 Å². The maximum atomic E-state index is 13.9. The van der Waals surface area contributed by atoms with E-state index in [-0.39, 0.29) is 11.3 Å². The summed E-state index contributed by atoms with van der Waals surface area (Å²) in [5, 5.41) is 15.7. The smallest absolute Gasteiger partial charge is 0.342 e. The molecule has 2 rings (SSSR count). The zero-order valence-corrected chi connectivity index (χ0v) is 7.54. The predicted octanol–water partition coefficient (Wildman–Crippen LogP) is 1.56. The lowest BCUT2D eigenvalue weighted by Crippen LogP contribution is -2.26. The van der Waals surface area contributed by atoms with Gasteiger partial charge in [-0.3, -0.25) is 0 Å². The Hall–Kier alpha value is -2.08. The Kier molecular flexibility index (Phi) is 2.05. The highest BCUT2D eigenvalue weighted by Crippen LogP contribution is 2.30. The Morgan fingerprint density at radius 3 is 2.47 bits per heavy atom. The van der Waals surface area contributed by atoms with E-state index in [1.165, 1.54) is 36.7 Å². The van der Waals surface area contributed by atoms with Gasteiger partial charge in [0.1, 0.15) is 22.9 Å². The molecule has 15 heavy (non-hydrogen) atoms. The molecule has 0 saturated carbocycles. The van der Waals surface area contributed by atoms with E-state index in [0.29, 0.717) is 0 Å². The van der Waals surface area contributed by atoms with Crippen molar-refractivity contribution in [3.63, 3.8) is 0 Å². The maximum absolute atomic E-state index is 13.9. The zero-order chi connectivity index (χ0) is 10.9. The molecule has 5 nitrogen and oxygen atoms in total. The van der Waals surface area contributed by atoms with Crippen LogP contribution in [0.1, 0.15) is 10.4 Å². The minimum absolute atomic E-state index is 0.116. The van der Waals surface area contributed by atoms with E-state index in [2.05, 4.69) is 10.2 Å². The Bertz CT molecular complexity index is 458. The van der Waals surface area contributed by atoms with Crippen molar-refractivity contribution in [3.05, 3.63) is 29.8 Å². The highest BCUT2D eigenvalue weighted by molar-refractivity contribution is 6.17. The molecule has 1 aromatic rings. The molecule has 1 aliphatic heterocycles. The highest BCUT2D eigenvalue weighted by atomic mass is 19.2. The topological polar surface area (TPSA) is 62.0 Å². The Morgan fingerprint density at radius 2 is 1.87 bits per heavy atom. The van der Waals surface area contributed by atoms with Crippen molar-refractivity contribution >= 4 is 24.1 Å². The fraction of sp³-hybridized carbons (Fsp3) is 0. The number of quaternary nitrogens is 1. The highest BCUT2D eigenvalue weighted by Gasteiger charge is 2.38. The molecule has 1 N–H and O–H groups in total. The van der Waals surface area contributed by atoms with Crippen molar-refractivity contribution in [1.82, 2.24) is 4.92 Å². The summed E-state index contributed by atoms with van der Waals surface area (Å²) in [6.07, 6.45) is 2.36. The van der Waals surface area contributed by atoms with E-state index in [1.807, 2.05) is 0 Å². The number of benzene rings is 1. The van der Waals surface area contributed by atoms with Crippen LogP contribution in [0.5, 0.6) is 0 Å². The van der Waals surface area contributed by atoms with Gasteiger partial charge in [-0.05, 0) is 16.3 Å². The lowest BCUT2D eigenvalue weighted by atomic mass is 10.2. The lowest BCUT2D eigenvalue weighted by molar-refractivity contribution is 0.0424. The molecule has 0 atom stereocenters. The summed E-state index contributed by atoms with van der Waals surface area (Å²) in [5.74, 6) is -1.21. The Labute approximate surface area is 84.3 Å². The first-order valence-electron chi connectivity index (χ1n) is 4.15. The molecule has 0 aromatic heterocycles. The van der Waals surface area contributed by atoms with Crippen molar-refractivity contribution in [3.8, 4) is 0 Å². The summed E-state index contributed by atoms with van der Waals surface area (Å²) in [7, 11) is 0. The summed E-state index contributed by atoms with van der Waals surface area (Å²) in [5.41, 5.74) is -0.272. The fourth-order valence-electron chi connectivity index (χ4n) is 1.29. The van der Waals surface area contributed by atoms with Gasteiger partial charge in [-0.2, -0.15) is 0 Å². The third kappa shape index (κ3) is 1.50. The molecule has 0 spiro atoms. The first-order valence-corrected chi connectivity index (χ1v) is 4.15. The van der Waals surface area contributed by atoms with Gasteiger partial charge in [-0.15, -0.1) is 0 Å². The van der Waals surface area contributed by atoms with Gasteiger partial charge in [-0.1, -0.05) is 12.1 Å². The van der Waals surface area contributed by atoms with E-state index < -0.39 is 10.9 Å². The molecule has 1 heterocycles. The molecule has 0 fully saturated rings. The average molecular weight is 208 g/mol. The SMILES string of the molecule is O=C(O)c1ccccc1[N+]1(F)N=CC=N1. The number of carboxylic acids is 1. The van der Waals surface area contributed by atoms with Crippen molar-refractivity contribution < 1.29 is 14.4 Å². The number of aromatic carboxylic acids is 1. The maximum Gasteiger partial charge on any atom is 0.342 e. The molecule has 1 aromatic carbocycles. The number of hydrogen-bond acceptors (Lipinski definition) is 3.